The smallest absolute Gasteiger partial charge is 0.258 e. The molecule has 2 aromatic heterocycles. The highest BCUT2D eigenvalue weighted by Gasteiger charge is 2.13. The molecule has 6 nitrogen and oxygen atoms in total. The second-order valence-corrected chi connectivity index (χ2v) is 6.50. The summed E-state index contributed by atoms with van der Waals surface area (Å²) in [5.74, 6) is 0.137. The molecule has 0 spiro atoms. The maximum absolute atomic E-state index is 13.6. The lowest BCUT2D eigenvalue weighted by atomic mass is 10.1. The van der Waals surface area contributed by atoms with Crippen LogP contribution < -0.4 is 10.2 Å². The number of halogens is 1. The Morgan fingerprint density at radius 2 is 1.79 bits per heavy atom. The first-order valence-corrected chi connectivity index (χ1v) is 9.03. The van der Waals surface area contributed by atoms with Crippen LogP contribution in [-0.4, -0.2) is 27.9 Å². The van der Waals surface area contributed by atoms with Crippen LogP contribution in [-0.2, 0) is 6.54 Å². The van der Waals surface area contributed by atoms with Crippen molar-refractivity contribution in [3.63, 3.8) is 0 Å². The number of aromatic nitrogens is 3. The summed E-state index contributed by atoms with van der Waals surface area (Å²) < 4.78 is 13.6. The normalized spacial score (nSPS) is 10.7. The van der Waals surface area contributed by atoms with Gasteiger partial charge < -0.3 is 10.2 Å². The van der Waals surface area contributed by atoms with Crippen LogP contribution in [0, 0.1) is 5.82 Å². The SMILES string of the molecule is CN(C(=O)c1ccncc1)c1ccc(CNc2ncnc3ccc(F)cc23)cc1. The number of anilines is 2. The van der Waals surface area contributed by atoms with Crippen molar-refractivity contribution in [3.05, 3.63) is 90.3 Å². The molecule has 0 aliphatic carbocycles. The van der Waals surface area contributed by atoms with E-state index in [9.17, 15) is 9.18 Å². The first-order valence-electron chi connectivity index (χ1n) is 9.03. The average Bonchev–Trinajstić information content (AvgIpc) is 2.77. The Morgan fingerprint density at radius 3 is 2.55 bits per heavy atom. The van der Waals surface area contributed by atoms with Gasteiger partial charge >= 0.3 is 0 Å². The minimum absolute atomic E-state index is 0.104. The summed E-state index contributed by atoms with van der Waals surface area (Å²) in [4.78, 5) is 26.4. The second kappa shape index (κ2) is 8.02. The summed E-state index contributed by atoms with van der Waals surface area (Å²) >= 11 is 0. The number of fused-ring (bicyclic) bond motifs is 1. The van der Waals surface area contributed by atoms with Crippen LogP contribution in [0.2, 0.25) is 0 Å². The number of nitrogens with one attached hydrogen (secondary N) is 1. The molecule has 29 heavy (non-hydrogen) atoms. The summed E-state index contributed by atoms with van der Waals surface area (Å²) in [6.07, 6.45) is 4.64. The molecule has 0 saturated carbocycles. The molecule has 7 heteroatoms. The predicted octanol–water partition coefficient (Wildman–Crippen LogP) is 4.05. The maximum Gasteiger partial charge on any atom is 0.258 e. The van der Waals surface area contributed by atoms with Crippen molar-refractivity contribution >= 4 is 28.3 Å². The molecule has 0 aliphatic heterocycles. The van der Waals surface area contributed by atoms with E-state index in [4.69, 9.17) is 0 Å². The molecular formula is C22H18FN5O. The van der Waals surface area contributed by atoms with E-state index < -0.39 is 0 Å². The van der Waals surface area contributed by atoms with E-state index >= 15 is 0 Å². The van der Waals surface area contributed by atoms with Gasteiger partial charge in [0.15, 0.2) is 0 Å². The third kappa shape index (κ3) is 4.03. The van der Waals surface area contributed by atoms with Gasteiger partial charge in [-0.1, -0.05) is 12.1 Å². The van der Waals surface area contributed by atoms with Gasteiger partial charge in [0.1, 0.15) is 18.0 Å². The van der Waals surface area contributed by atoms with Gasteiger partial charge in [0.2, 0.25) is 0 Å². The Hall–Kier alpha value is -3.87. The monoisotopic (exact) mass is 387 g/mol. The number of hydrogen-bond acceptors (Lipinski definition) is 5. The van der Waals surface area contributed by atoms with Crippen molar-refractivity contribution in [2.45, 2.75) is 6.54 Å². The molecular weight excluding hydrogens is 369 g/mol. The summed E-state index contributed by atoms with van der Waals surface area (Å²) in [6, 6.07) is 15.4. The molecule has 0 aliphatic rings. The second-order valence-electron chi connectivity index (χ2n) is 6.50. The van der Waals surface area contributed by atoms with Gasteiger partial charge in [-0.15, -0.1) is 0 Å². The molecule has 0 fully saturated rings. The van der Waals surface area contributed by atoms with E-state index in [0.29, 0.717) is 28.8 Å². The number of rotatable bonds is 5. The molecule has 4 rings (SSSR count). The first kappa shape index (κ1) is 18.5. The molecule has 0 unspecified atom stereocenters. The van der Waals surface area contributed by atoms with E-state index in [2.05, 4.69) is 20.3 Å². The van der Waals surface area contributed by atoms with Gasteiger partial charge in [0, 0.05) is 42.6 Å². The lowest BCUT2D eigenvalue weighted by Crippen LogP contribution is -2.26. The van der Waals surface area contributed by atoms with E-state index in [-0.39, 0.29) is 11.7 Å². The summed E-state index contributed by atoms with van der Waals surface area (Å²) in [6.45, 7) is 0.505. The molecule has 4 aromatic rings. The number of benzene rings is 2. The van der Waals surface area contributed by atoms with Crippen molar-refractivity contribution in [3.8, 4) is 0 Å². The highest BCUT2D eigenvalue weighted by Crippen LogP contribution is 2.21. The van der Waals surface area contributed by atoms with E-state index in [1.54, 1.807) is 42.5 Å². The molecule has 0 radical (unpaired) electrons. The number of carbonyl (C=O) groups is 1. The zero-order valence-electron chi connectivity index (χ0n) is 15.7. The van der Waals surface area contributed by atoms with Crippen molar-refractivity contribution in [1.29, 1.82) is 0 Å². The maximum atomic E-state index is 13.6. The van der Waals surface area contributed by atoms with Crippen molar-refractivity contribution in [2.24, 2.45) is 0 Å². The minimum atomic E-state index is -0.332. The van der Waals surface area contributed by atoms with Crippen LogP contribution in [0.4, 0.5) is 15.9 Å². The van der Waals surface area contributed by atoms with Crippen LogP contribution in [0.1, 0.15) is 15.9 Å². The summed E-state index contributed by atoms with van der Waals surface area (Å²) in [5, 5.41) is 3.85. The third-order valence-electron chi connectivity index (χ3n) is 4.61. The lowest BCUT2D eigenvalue weighted by Gasteiger charge is -2.18. The topological polar surface area (TPSA) is 71.0 Å². The van der Waals surface area contributed by atoms with Crippen LogP contribution in [0.3, 0.4) is 0 Å². The Bertz CT molecular complexity index is 1150. The number of nitrogens with zero attached hydrogens (tertiary/aromatic N) is 4. The van der Waals surface area contributed by atoms with Gasteiger partial charge in [0.05, 0.1) is 5.52 Å². The van der Waals surface area contributed by atoms with Gasteiger partial charge in [-0.25, -0.2) is 14.4 Å². The first-order chi connectivity index (χ1) is 14.1. The lowest BCUT2D eigenvalue weighted by molar-refractivity contribution is 0.0993. The summed E-state index contributed by atoms with van der Waals surface area (Å²) in [5.41, 5.74) is 3.04. The highest BCUT2D eigenvalue weighted by molar-refractivity contribution is 6.05. The van der Waals surface area contributed by atoms with Crippen LogP contribution in [0.5, 0.6) is 0 Å². The van der Waals surface area contributed by atoms with Gasteiger partial charge in [-0.05, 0) is 48.0 Å². The fourth-order valence-corrected chi connectivity index (χ4v) is 3.00. The molecule has 0 bridgehead atoms. The number of carbonyl (C=O) groups excluding carboxylic acids is 1. The van der Waals surface area contributed by atoms with Crippen LogP contribution in [0.15, 0.2) is 73.3 Å². The fourth-order valence-electron chi connectivity index (χ4n) is 3.00. The fraction of sp³-hybridized carbons (Fsp3) is 0.0909. The number of hydrogen-bond donors (Lipinski definition) is 1. The van der Waals surface area contributed by atoms with Gasteiger partial charge in [0.25, 0.3) is 5.91 Å². The predicted molar refractivity (Wildman–Crippen MR) is 110 cm³/mol. The molecule has 1 amide bonds. The Balaban J connectivity index is 1.46. The van der Waals surface area contributed by atoms with Crippen molar-refractivity contribution in [2.75, 3.05) is 17.3 Å². The van der Waals surface area contributed by atoms with E-state index in [1.807, 2.05) is 24.3 Å². The standard InChI is InChI=1S/C22H18FN5O/c1-28(22(29)16-8-10-24-11-9-16)18-5-2-15(3-6-18)13-25-21-19-12-17(23)4-7-20(19)26-14-27-21/h2-12,14H,13H2,1H3,(H,25,26,27). The molecule has 0 atom stereocenters. The number of amides is 1. The zero-order valence-corrected chi connectivity index (χ0v) is 15.7. The largest absolute Gasteiger partial charge is 0.365 e. The van der Waals surface area contributed by atoms with Crippen molar-refractivity contribution in [1.82, 2.24) is 15.0 Å². The Kier molecular flexibility index (Phi) is 5.11. The molecule has 2 aromatic carbocycles. The summed E-state index contributed by atoms with van der Waals surface area (Å²) in [7, 11) is 1.73. The van der Waals surface area contributed by atoms with E-state index in [0.717, 1.165) is 11.3 Å². The minimum Gasteiger partial charge on any atom is -0.365 e. The quantitative estimate of drug-likeness (QED) is 0.559. The Morgan fingerprint density at radius 1 is 1.03 bits per heavy atom. The van der Waals surface area contributed by atoms with Gasteiger partial charge in [-0.3, -0.25) is 9.78 Å². The van der Waals surface area contributed by atoms with E-state index in [1.165, 1.54) is 18.5 Å². The molecule has 1 N–H and O–H groups in total. The Labute approximate surface area is 167 Å². The highest BCUT2D eigenvalue weighted by atomic mass is 19.1. The zero-order chi connectivity index (χ0) is 20.2. The van der Waals surface area contributed by atoms with Crippen molar-refractivity contribution < 1.29 is 9.18 Å². The molecule has 0 saturated heterocycles. The van der Waals surface area contributed by atoms with Gasteiger partial charge in [-0.2, -0.15) is 0 Å². The number of pyridine rings is 1. The van der Waals surface area contributed by atoms with Crippen LogP contribution in [0.25, 0.3) is 10.9 Å². The van der Waals surface area contributed by atoms with Crippen LogP contribution >= 0.6 is 0 Å². The third-order valence-corrected chi connectivity index (χ3v) is 4.61. The molecule has 2 heterocycles. The molecule has 144 valence electrons. The average molecular weight is 387 g/mol.